The normalized spacial score (nSPS) is 14.4. The van der Waals surface area contributed by atoms with Crippen LogP contribution in [-0.2, 0) is 0 Å². The Morgan fingerprint density at radius 3 is 2.38 bits per heavy atom. The van der Waals surface area contributed by atoms with Crippen molar-refractivity contribution in [3.8, 4) is 5.75 Å². The number of furan rings is 1. The minimum Gasteiger partial charge on any atom is -0.497 e. The Bertz CT molecular complexity index is 985. The van der Waals surface area contributed by atoms with Gasteiger partial charge in [-0.3, -0.25) is 4.79 Å². The van der Waals surface area contributed by atoms with E-state index in [-0.39, 0.29) is 11.9 Å². The summed E-state index contributed by atoms with van der Waals surface area (Å²) in [6.07, 6.45) is 2.26. The first-order chi connectivity index (χ1) is 14.0. The Kier molecular flexibility index (Phi) is 5.67. The van der Waals surface area contributed by atoms with E-state index in [4.69, 9.17) is 9.15 Å². The topological polar surface area (TPSA) is 51.5 Å². The highest BCUT2D eigenvalue weighted by atomic mass is 32.2. The highest BCUT2D eigenvalue weighted by molar-refractivity contribution is 7.99. The van der Waals surface area contributed by atoms with Crippen LogP contribution in [0, 0.1) is 19.8 Å². The number of rotatable bonds is 7. The Balaban J connectivity index is 1.48. The van der Waals surface area contributed by atoms with Crippen molar-refractivity contribution in [2.75, 3.05) is 7.11 Å². The Morgan fingerprint density at radius 2 is 1.76 bits per heavy atom. The molecule has 1 unspecified atom stereocenters. The number of hydrogen-bond donors (Lipinski definition) is 1. The van der Waals surface area contributed by atoms with E-state index in [0.29, 0.717) is 11.7 Å². The van der Waals surface area contributed by atoms with E-state index >= 15 is 0 Å². The molecule has 0 aliphatic heterocycles. The van der Waals surface area contributed by atoms with Crippen molar-refractivity contribution in [3.63, 3.8) is 0 Å². The maximum atomic E-state index is 12.8. The molecule has 3 aromatic rings. The van der Waals surface area contributed by atoms with Gasteiger partial charge in [0.15, 0.2) is 10.9 Å². The van der Waals surface area contributed by atoms with Crippen LogP contribution in [0.15, 0.2) is 69.0 Å². The molecule has 1 aromatic heterocycles. The predicted octanol–water partition coefficient (Wildman–Crippen LogP) is 5.94. The molecule has 29 heavy (non-hydrogen) atoms. The fourth-order valence-electron chi connectivity index (χ4n) is 3.48. The minimum absolute atomic E-state index is 0.00628. The van der Waals surface area contributed by atoms with Crippen LogP contribution in [-0.4, -0.2) is 13.0 Å². The molecule has 1 N–H and O–H groups in total. The summed E-state index contributed by atoms with van der Waals surface area (Å²) in [6, 6.07) is 17.7. The van der Waals surface area contributed by atoms with Crippen molar-refractivity contribution in [2.45, 2.75) is 42.7 Å². The molecule has 1 aliphatic rings. The third kappa shape index (κ3) is 4.51. The number of nitrogens with one attached hydrogen (secondary N) is 1. The monoisotopic (exact) mass is 407 g/mol. The molecule has 5 heteroatoms. The van der Waals surface area contributed by atoms with Crippen molar-refractivity contribution < 1.29 is 13.9 Å². The second-order valence-corrected chi connectivity index (χ2v) is 8.52. The van der Waals surface area contributed by atoms with Crippen molar-refractivity contribution in [1.29, 1.82) is 0 Å². The summed E-state index contributed by atoms with van der Waals surface area (Å²) in [5.74, 6) is 1.46. The van der Waals surface area contributed by atoms with Gasteiger partial charge in [-0.15, -0.1) is 0 Å². The zero-order valence-electron chi connectivity index (χ0n) is 16.9. The first kappa shape index (κ1) is 19.6. The number of carbonyl (C=O) groups excluding carboxylic acids is 1. The van der Waals surface area contributed by atoms with Gasteiger partial charge in [-0.2, -0.15) is 0 Å². The molecule has 1 aliphatic carbocycles. The van der Waals surface area contributed by atoms with Gasteiger partial charge in [0.2, 0.25) is 0 Å². The van der Waals surface area contributed by atoms with Gasteiger partial charge in [0.05, 0.1) is 13.2 Å². The molecule has 0 bridgehead atoms. The van der Waals surface area contributed by atoms with E-state index in [1.165, 1.54) is 16.0 Å². The molecule has 4 nitrogen and oxygen atoms in total. The highest BCUT2D eigenvalue weighted by Crippen LogP contribution is 2.41. The lowest BCUT2D eigenvalue weighted by Crippen LogP contribution is -2.29. The van der Waals surface area contributed by atoms with E-state index in [2.05, 4.69) is 31.3 Å². The fourth-order valence-corrected chi connectivity index (χ4v) is 4.41. The van der Waals surface area contributed by atoms with E-state index in [9.17, 15) is 4.79 Å². The average Bonchev–Trinajstić information content (AvgIpc) is 3.46. The second-order valence-electron chi connectivity index (χ2n) is 7.50. The lowest BCUT2D eigenvalue weighted by molar-refractivity contribution is 0.0898. The van der Waals surface area contributed by atoms with Crippen LogP contribution in [0.25, 0.3) is 0 Å². The summed E-state index contributed by atoms with van der Waals surface area (Å²) in [7, 11) is 1.65. The summed E-state index contributed by atoms with van der Waals surface area (Å²) in [5.41, 5.74) is 3.50. The average molecular weight is 408 g/mol. The van der Waals surface area contributed by atoms with Crippen LogP contribution in [0.5, 0.6) is 5.75 Å². The van der Waals surface area contributed by atoms with Gasteiger partial charge in [0, 0.05) is 4.90 Å². The van der Waals surface area contributed by atoms with Gasteiger partial charge >= 0.3 is 0 Å². The molecule has 150 valence electrons. The smallest absolute Gasteiger partial charge is 0.287 e. The maximum Gasteiger partial charge on any atom is 0.287 e. The molecular weight excluding hydrogens is 382 g/mol. The van der Waals surface area contributed by atoms with Crippen molar-refractivity contribution in [1.82, 2.24) is 5.32 Å². The van der Waals surface area contributed by atoms with Gasteiger partial charge in [-0.25, -0.2) is 0 Å². The first-order valence-electron chi connectivity index (χ1n) is 9.84. The Morgan fingerprint density at radius 1 is 1.07 bits per heavy atom. The number of amides is 1. The van der Waals surface area contributed by atoms with Crippen LogP contribution in [0.3, 0.4) is 0 Å². The number of hydrogen-bond acceptors (Lipinski definition) is 4. The molecule has 1 heterocycles. The molecule has 4 rings (SSSR count). The summed E-state index contributed by atoms with van der Waals surface area (Å²) >= 11 is 1.56. The minimum atomic E-state index is -0.175. The first-order valence-corrected chi connectivity index (χ1v) is 10.7. The summed E-state index contributed by atoms with van der Waals surface area (Å²) < 4.78 is 11.1. The molecule has 0 spiro atoms. The van der Waals surface area contributed by atoms with Gasteiger partial charge in [-0.05, 0) is 73.6 Å². The lowest BCUT2D eigenvalue weighted by Gasteiger charge is -2.18. The van der Waals surface area contributed by atoms with Crippen LogP contribution in [0.2, 0.25) is 0 Å². The van der Waals surface area contributed by atoms with Crippen LogP contribution in [0.1, 0.15) is 46.1 Å². The molecule has 0 radical (unpaired) electrons. The summed E-state index contributed by atoms with van der Waals surface area (Å²) in [5, 5.41) is 3.89. The van der Waals surface area contributed by atoms with Crippen LogP contribution < -0.4 is 10.1 Å². The standard InChI is InChI=1S/C24H25NO3S/c1-15-5-4-6-16(2)23(15)29-21-14-13-20(28-21)24(26)25-22(17-7-8-17)18-9-11-19(27-3)12-10-18/h4-6,9-14,17,22H,7-8H2,1-3H3,(H,25,26). The molecule has 1 amide bonds. The molecular formula is C24H25NO3S. The van der Waals surface area contributed by atoms with E-state index in [1.54, 1.807) is 24.9 Å². The van der Waals surface area contributed by atoms with Crippen LogP contribution in [0.4, 0.5) is 0 Å². The largest absolute Gasteiger partial charge is 0.497 e. The highest BCUT2D eigenvalue weighted by Gasteiger charge is 2.34. The summed E-state index contributed by atoms with van der Waals surface area (Å²) in [6.45, 7) is 4.17. The van der Waals surface area contributed by atoms with Gasteiger partial charge < -0.3 is 14.5 Å². The van der Waals surface area contributed by atoms with Crippen molar-refractivity contribution in [2.24, 2.45) is 5.92 Å². The van der Waals surface area contributed by atoms with Crippen molar-refractivity contribution in [3.05, 3.63) is 77.0 Å². The molecule has 1 atom stereocenters. The third-order valence-electron chi connectivity index (χ3n) is 5.27. The third-order valence-corrected chi connectivity index (χ3v) is 6.54. The quantitative estimate of drug-likeness (QED) is 0.527. The fraction of sp³-hybridized carbons (Fsp3) is 0.292. The molecule has 0 saturated heterocycles. The Hall–Kier alpha value is -2.66. The lowest BCUT2D eigenvalue weighted by atomic mass is 10.0. The number of ether oxygens (including phenoxy) is 1. The molecule has 1 fully saturated rings. The van der Waals surface area contributed by atoms with E-state index in [0.717, 1.165) is 29.2 Å². The van der Waals surface area contributed by atoms with Gasteiger partial charge in [-0.1, -0.05) is 42.1 Å². The Labute approximate surface area is 175 Å². The zero-order valence-corrected chi connectivity index (χ0v) is 17.7. The number of methoxy groups -OCH3 is 1. The van der Waals surface area contributed by atoms with Crippen LogP contribution >= 0.6 is 11.8 Å². The zero-order chi connectivity index (χ0) is 20.4. The van der Waals surface area contributed by atoms with E-state index < -0.39 is 0 Å². The molecule has 1 saturated carbocycles. The molecule has 2 aromatic carbocycles. The number of aryl methyl sites for hydroxylation is 2. The number of carbonyl (C=O) groups is 1. The van der Waals surface area contributed by atoms with Gasteiger partial charge in [0.25, 0.3) is 5.91 Å². The van der Waals surface area contributed by atoms with Gasteiger partial charge in [0.1, 0.15) is 5.75 Å². The second kappa shape index (κ2) is 8.37. The van der Waals surface area contributed by atoms with Crippen molar-refractivity contribution >= 4 is 17.7 Å². The SMILES string of the molecule is COc1ccc(C(NC(=O)c2ccc(Sc3c(C)cccc3C)o2)C2CC2)cc1. The summed E-state index contributed by atoms with van der Waals surface area (Å²) in [4.78, 5) is 14.0. The number of benzene rings is 2. The van der Waals surface area contributed by atoms with E-state index in [1.807, 2.05) is 36.4 Å². The predicted molar refractivity (Wildman–Crippen MR) is 115 cm³/mol. The maximum absolute atomic E-state index is 12.8.